The number of benzene rings is 1. The van der Waals surface area contributed by atoms with Crippen LogP contribution in [-0.2, 0) is 6.54 Å². The van der Waals surface area contributed by atoms with Gasteiger partial charge in [-0.25, -0.2) is 9.98 Å². The van der Waals surface area contributed by atoms with E-state index in [-0.39, 0.29) is 24.0 Å². The Morgan fingerprint density at radius 3 is 2.79 bits per heavy atom. The molecule has 2 N–H and O–H groups in total. The maximum Gasteiger partial charge on any atom is 0.191 e. The monoisotopic (exact) mass is 547 g/mol. The fourth-order valence-electron chi connectivity index (χ4n) is 3.48. The van der Waals surface area contributed by atoms with E-state index in [2.05, 4.69) is 60.3 Å². The van der Waals surface area contributed by atoms with Crippen molar-refractivity contribution in [2.45, 2.75) is 40.7 Å². The number of nitrogens with zero attached hydrogens (tertiary/aromatic N) is 3. The number of anilines is 1. The van der Waals surface area contributed by atoms with Crippen molar-refractivity contribution in [3.05, 3.63) is 44.4 Å². The van der Waals surface area contributed by atoms with Crippen molar-refractivity contribution in [2.24, 2.45) is 10.9 Å². The van der Waals surface area contributed by atoms with Gasteiger partial charge in [0.2, 0.25) is 0 Å². The van der Waals surface area contributed by atoms with E-state index >= 15 is 0 Å². The number of rotatable bonds is 6. The van der Waals surface area contributed by atoms with E-state index in [1.54, 1.807) is 11.3 Å². The molecule has 1 aliphatic heterocycles. The van der Waals surface area contributed by atoms with Crippen LogP contribution in [0.25, 0.3) is 0 Å². The lowest BCUT2D eigenvalue weighted by atomic mass is 10.1. The zero-order valence-corrected chi connectivity index (χ0v) is 21.5. The van der Waals surface area contributed by atoms with Crippen LogP contribution >= 0.6 is 46.9 Å². The Kier molecular flexibility index (Phi) is 9.49. The van der Waals surface area contributed by atoms with Crippen LogP contribution in [-0.4, -0.2) is 37.1 Å². The average molecular weight is 548 g/mol. The molecule has 0 aliphatic carbocycles. The normalized spacial score (nSPS) is 16.7. The third kappa shape index (κ3) is 6.72. The maximum absolute atomic E-state index is 6.20. The van der Waals surface area contributed by atoms with Gasteiger partial charge in [0.25, 0.3) is 0 Å². The van der Waals surface area contributed by atoms with Gasteiger partial charge in [0.05, 0.1) is 12.2 Å². The Balaban J connectivity index is 0.00000300. The fraction of sp³-hybridized carbons (Fsp3) is 0.524. The highest BCUT2D eigenvalue weighted by atomic mass is 127. The van der Waals surface area contributed by atoms with E-state index in [1.807, 2.05) is 6.07 Å². The summed E-state index contributed by atoms with van der Waals surface area (Å²) in [5.74, 6) is 1.46. The Morgan fingerprint density at radius 2 is 2.10 bits per heavy atom. The molecule has 1 aliphatic rings. The molecule has 3 rings (SSSR count). The summed E-state index contributed by atoms with van der Waals surface area (Å²) in [5.41, 5.74) is 3.64. The molecule has 1 unspecified atom stereocenters. The highest BCUT2D eigenvalue weighted by Gasteiger charge is 2.24. The minimum absolute atomic E-state index is 0. The van der Waals surface area contributed by atoms with E-state index < -0.39 is 0 Å². The second-order valence-electron chi connectivity index (χ2n) is 7.36. The summed E-state index contributed by atoms with van der Waals surface area (Å²) in [4.78, 5) is 13.0. The third-order valence-corrected chi connectivity index (χ3v) is 6.44. The number of aliphatic imine (C=N–C) groups is 1. The number of hydrogen-bond acceptors (Lipinski definition) is 4. The van der Waals surface area contributed by atoms with Crippen LogP contribution in [0.1, 0.15) is 34.5 Å². The summed E-state index contributed by atoms with van der Waals surface area (Å²) in [6, 6.07) is 6.14. The molecule has 8 heteroatoms. The fourth-order valence-corrected chi connectivity index (χ4v) is 4.50. The zero-order chi connectivity index (χ0) is 20.1. The van der Waals surface area contributed by atoms with E-state index in [1.165, 1.54) is 22.5 Å². The highest BCUT2D eigenvalue weighted by Crippen LogP contribution is 2.29. The molecule has 1 aromatic heterocycles. The summed E-state index contributed by atoms with van der Waals surface area (Å²) >= 11 is 7.93. The number of thiazole rings is 1. The Morgan fingerprint density at radius 1 is 1.31 bits per heavy atom. The first-order valence-electron chi connectivity index (χ1n) is 9.92. The number of nitrogens with one attached hydrogen (secondary N) is 2. The molecule has 1 saturated heterocycles. The van der Waals surface area contributed by atoms with Crippen LogP contribution in [0.4, 0.5) is 5.69 Å². The van der Waals surface area contributed by atoms with Crippen molar-refractivity contribution in [1.29, 1.82) is 0 Å². The zero-order valence-electron chi connectivity index (χ0n) is 17.6. The van der Waals surface area contributed by atoms with Gasteiger partial charge >= 0.3 is 0 Å². The number of aromatic nitrogens is 1. The van der Waals surface area contributed by atoms with Gasteiger partial charge in [0.15, 0.2) is 5.96 Å². The molecule has 2 aromatic rings. The Labute approximate surface area is 200 Å². The van der Waals surface area contributed by atoms with Gasteiger partial charge < -0.3 is 15.5 Å². The van der Waals surface area contributed by atoms with Crippen molar-refractivity contribution in [1.82, 2.24) is 15.6 Å². The number of aryl methyl sites for hydroxylation is 3. The van der Waals surface area contributed by atoms with Gasteiger partial charge in [-0.05, 0) is 57.7 Å². The minimum Gasteiger partial charge on any atom is -0.371 e. The minimum atomic E-state index is 0. The van der Waals surface area contributed by atoms with Gasteiger partial charge in [0, 0.05) is 41.8 Å². The van der Waals surface area contributed by atoms with E-state index in [0.29, 0.717) is 12.5 Å². The maximum atomic E-state index is 6.20. The number of guanidine groups is 1. The van der Waals surface area contributed by atoms with Crippen LogP contribution in [0, 0.1) is 26.7 Å². The molecule has 1 fully saturated rings. The second kappa shape index (κ2) is 11.4. The predicted octanol–water partition coefficient (Wildman–Crippen LogP) is 4.92. The molecule has 1 aromatic carbocycles. The predicted molar refractivity (Wildman–Crippen MR) is 136 cm³/mol. The molecule has 29 heavy (non-hydrogen) atoms. The molecular weight excluding hydrogens is 517 g/mol. The summed E-state index contributed by atoms with van der Waals surface area (Å²) in [6.07, 6.45) is 1.17. The molecule has 2 heterocycles. The number of hydrogen-bond donors (Lipinski definition) is 2. The molecule has 5 nitrogen and oxygen atoms in total. The smallest absolute Gasteiger partial charge is 0.191 e. The van der Waals surface area contributed by atoms with Gasteiger partial charge in [-0.2, -0.15) is 0 Å². The quantitative estimate of drug-likeness (QED) is 0.306. The lowest BCUT2D eigenvalue weighted by Crippen LogP contribution is -2.40. The second-order valence-corrected chi connectivity index (χ2v) is 9.08. The lowest BCUT2D eigenvalue weighted by Gasteiger charge is -2.21. The van der Waals surface area contributed by atoms with Gasteiger partial charge in [0.1, 0.15) is 5.01 Å². The molecule has 0 spiro atoms. The molecule has 0 amide bonds. The van der Waals surface area contributed by atoms with Crippen LogP contribution in [0.5, 0.6) is 0 Å². The topological polar surface area (TPSA) is 52.6 Å². The van der Waals surface area contributed by atoms with E-state index in [0.717, 1.165) is 47.9 Å². The largest absolute Gasteiger partial charge is 0.371 e. The summed E-state index contributed by atoms with van der Waals surface area (Å²) in [7, 11) is 0. The summed E-state index contributed by atoms with van der Waals surface area (Å²) < 4.78 is 0. The first-order valence-corrected chi connectivity index (χ1v) is 11.1. The van der Waals surface area contributed by atoms with Crippen molar-refractivity contribution < 1.29 is 0 Å². The van der Waals surface area contributed by atoms with Crippen molar-refractivity contribution in [3.8, 4) is 0 Å². The van der Waals surface area contributed by atoms with Crippen LogP contribution in [0.2, 0.25) is 5.02 Å². The molecule has 0 saturated carbocycles. The molecule has 0 bridgehead atoms. The van der Waals surface area contributed by atoms with Crippen LogP contribution < -0.4 is 15.5 Å². The average Bonchev–Trinajstić information content (AvgIpc) is 3.26. The Hall–Kier alpha value is -1.06. The lowest BCUT2D eigenvalue weighted by molar-refractivity contribution is 0.565. The Bertz CT molecular complexity index is 819. The SMILES string of the molecule is CCNC(=NCc1nc(C)c(C)s1)NCC1CCN(c2cc(Cl)ccc2C)C1.I. The van der Waals surface area contributed by atoms with Crippen molar-refractivity contribution in [2.75, 3.05) is 31.1 Å². The van der Waals surface area contributed by atoms with Crippen LogP contribution in [0.15, 0.2) is 23.2 Å². The van der Waals surface area contributed by atoms with Gasteiger partial charge in [-0.1, -0.05) is 17.7 Å². The molecular formula is C21H31ClIN5S. The standard InChI is InChI=1S/C21H30ClN5S.HI/c1-5-23-21(25-12-20-26-15(3)16(4)28-20)24-11-17-8-9-27(13-17)19-10-18(22)7-6-14(19)2;/h6-7,10,17H,5,8-9,11-13H2,1-4H3,(H2,23,24,25);1H. The number of halogens is 2. The van der Waals surface area contributed by atoms with Crippen molar-refractivity contribution in [3.63, 3.8) is 0 Å². The van der Waals surface area contributed by atoms with Crippen LogP contribution in [0.3, 0.4) is 0 Å². The summed E-state index contributed by atoms with van der Waals surface area (Å²) in [5, 5.41) is 8.73. The first kappa shape index (κ1) is 24.2. The molecule has 160 valence electrons. The molecule has 0 radical (unpaired) electrons. The van der Waals surface area contributed by atoms with E-state index in [9.17, 15) is 0 Å². The van der Waals surface area contributed by atoms with Gasteiger partial charge in [-0.3, -0.25) is 0 Å². The molecule has 1 atom stereocenters. The van der Waals surface area contributed by atoms with Crippen molar-refractivity contribution >= 4 is 58.6 Å². The highest BCUT2D eigenvalue weighted by molar-refractivity contribution is 14.0. The van der Waals surface area contributed by atoms with E-state index in [4.69, 9.17) is 16.6 Å². The third-order valence-electron chi connectivity index (χ3n) is 5.15. The van der Waals surface area contributed by atoms with Gasteiger partial charge in [-0.15, -0.1) is 35.3 Å². The summed E-state index contributed by atoms with van der Waals surface area (Å²) in [6.45, 7) is 12.9. The first-order chi connectivity index (χ1) is 13.5.